The van der Waals surface area contributed by atoms with Crippen LogP contribution in [0.25, 0.3) is 11.1 Å². The second-order valence-corrected chi connectivity index (χ2v) is 10.4. The Hall–Kier alpha value is -4.70. The minimum Gasteiger partial charge on any atom is -0.453 e. The molecule has 41 heavy (non-hydrogen) atoms. The first kappa shape index (κ1) is 29.3. The first-order valence-electron chi connectivity index (χ1n) is 13.2. The number of pyridine rings is 1. The summed E-state index contributed by atoms with van der Waals surface area (Å²) in [6, 6.07) is 17.8. The molecule has 0 radical (unpaired) electrons. The molecule has 2 heterocycles. The van der Waals surface area contributed by atoms with Crippen LogP contribution < -0.4 is 16.0 Å². The fourth-order valence-corrected chi connectivity index (χ4v) is 4.18. The second-order valence-electron chi connectivity index (χ2n) is 10.4. The number of carbonyl (C=O) groups excluding carboxylic acids is 3. The summed E-state index contributed by atoms with van der Waals surface area (Å²) in [6.45, 7) is 5.58. The normalized spacial score (nSPS) is 17.5. The number of hydrogen-bond donors (Lipinski definition) is 3. The van der Waals surface area contributed by atoms with Crippen molar-refractivity contribution in [3.8, 4) is 11.1 Å². The number of nitrogens with zero attached hydrogens (tertiary/aromatic N) is 1. The number of benzene rings is 2. The van der Waals surface area contributed by atoms with E-state index in [-0.39, 0.29) is 6.61 Å². The van der Waals surface area contributed by atoms with E-state index in [1.54, 1.807) is 63.4 Å². The molecule has 2 atom stereocenters. The fourth-order valence-electron chi connectivity index (χ4n) is 4.18. The van der Waals surface area contributed by atoms with Crippen LogP contribution in [0.5, 0.6) is 0 Å². The molecule has 0 aliphatic carbocycles. The van der Waals surface area contributed by atoms with Crippen LogP contribution in [-0.2, 0) is 25.6 Å². The maximum atomic E-state index is 13.5. The largest absolute Gasteiger partial charge is 0.453 e. The summed E-state index contributed by atoms with van der Waals surface area (Å²) < 4.78 is 16.2. The van der Waals surface area contributed by atoms with Gasteiger partial charge >= 0.3 is 12.2 Å². The lowest BCUT2D eigenvalue weighted by Crippen LogP contribution is -2.35. The van der Waals surface area contributed by atoms with Gasteiger partial charge < -0.3 is 24.8 Å². The van der Waals surface area contributed by atoms with Gasteiger partial charge in [0, 0.05) is 17.4 Å². The number of nitrogens with one attached hydrogen (secondary N) is 3. The molecule has 1 aliphatic rings. The molecule has 3 aromatic rings. The predicted molar refractivity (Wildman–Crippen MR) is 155 cm³/mol. The van der Waals surface area contributed by atoms with Crippen LogP contribution >= 0.6 is 0 Å². The SMILES string of the molecule is COC(=O)Nc1ccc2c(c1)NC(=O)C(OCc1ccccc1)/C=C/C[C@H](NC(=O)OC(C)(C)C)c1cc-2ccn1. The molecule has 214 valence electrons. The Morgan fingerprint density at radius 3 is 2.56 bits per heavy atom. The number of ether oxygens (including phenoxy) is 3. The topological polar surface area (TPSA) is 128 Å². The lowest BCUT2D eigenvalue weighted by molar-refractivity contribution is -0.125. The molecule has 4 rings (SSSR count). The van der Waals surface area contributed by atoms with Crippen molar-refractivity contribution in [1.82, 2.24) is 10.3 Å². The van der Waals surface area contributed by atoms with E-state index in [1.807, 2.05) is 36.4 Å². The Balaban J connectivity index is 1.73. The van der Waals surface area contributed by atoms with Gasteiger partial charge in [0.25, 0.3) is 5.91 Å². The van der Waals surface area contributed by atoms with E-state index in [2.05, 4.69) is 20.9 Å². The molecule has 1 aromatic heterocycles. The molecule has 0 saturated carbocycles. The maximum Gasteiger partial charge on any atom is 0.411 e. The fraction of sp³-hybridized carbons (Fsp3) is 0.290. The minimum atomic E-state index is -0.951. The molecule has 10 heteroatoms. The van der Waals surface area contributed by atoms with E-state index in [1.165, 1.54) is 7.11 Å². The summed E-state index contributed by atoms with van der Waals surface area (Å²) in [4.78, 5) is 42.6. The number of fused-ring (bicyclic) bond motifs is 4. The van der Waals surface area contributed by atoms with E-state index in [9.17, 15) is 14.4 Å². The standard InChI is InChI=1S/C31H34N4O6/c1-31(2,3)41-30(38)35-24-11-8-12-27(40-19-20-9-6-5-7-10-20)28(36)34-25-18-22(33-29(37)39-4)13-14-23(25)21-15-16-32-26(24)17-21/h5-10,12-18,24,27H,11,19H2,1-4H3,(H,33,37)(H,34,36)(H,35,38)/b12-8+/t24-,27?/m0/s1. The van der Waals surface area contributed by atoms with Crippen molar-refractivity contribution in [1.29, 1.82) is 0 Å². The van der Waals surface area contributed by atoms with Crippen LogP contribution in [0.1, 0.15) is 44.5 Å². The van der Waals surface area contributed by atoms with Gasteiger partial charge in [0.2, 0.25) is 0 Å². The molecule has 2 aromatic carbocycles. The zero-order chi connectivity index (χ0) is 29.4. The smallest absolute Gasteiger partial charge is 0.411 e. The van der Waals surface area contributed by atoms with Gasteiger partial charge in [-0.05, 0) is 62.6 Å². The van der Waals surface area contributed by atoms with Gasteiger partial charge in [0.05, 0.1) is 31.1 Å². The van der Waals surface area contributed by atoms with Crippen LogP contribution in [0.15, 0.2) is 79.0 Å². The van der Waals surface area contributed by atoms with E-state index >= 15 is 0 Å². The van der Waals surface area contributed by atoms with Crippen molar-refractivity contribution in [2.45, 2.75) is 51.5 Å². The van der Waals surface area contributed by atoms with Crippen molar-refractivity contribution in [2.24, 2.45) is 0 Å². The highest BCUT2D eigenvalue weighted by Gasteiger charge is 2.24. The van der Waals surface area contributed by atoms with E-state index in [0.717, 1.165) is 11.1 Å². The Morgan fingerprint density at radius 1 is 1.05 bits per heavy atom. The number of anilines is 2. The average Bonchev–Trinajstić information content (AvgIpc) is 2.93. The van der Waals surface area contributed by atoms with Crippen LogP contribution in [0, 0.1) is 0 Å². The Kier molecular flexibility index (Phi) is 9.36. The molecule has 0 fully saturated rings. The highest BCUT2D eigenvalue weighted by atomic mass is 16.6. The van der Waals surface area contributed by atoms with Gasteiger partial charge in [-0.1, -0.05) is 48.6 Å². The zero-order valence-electron chi connectivity index (χ0n) is 23.5. The van der Waals surface area contributed by atoms with Gasteiger partial charge in [-0.2, -0.15) is 0 Å². The van der Waals surface area contributed by atoms with Gasteiger partial charge in [0.1, 0.15) is 5.60 Å². The van der Waals surface area contributed by atoms with Gasteiger partial charge in [-0.15, -0.1) is 0 Å². The van der Waals surface area contributed by atoms with Crippen molar-refractivity contribution in [3.63, 3.8) is 0 Å². The molecule has 10 nitrogen and oxygen atoms in total. The molecule has 3 N–H and O–H groups in total. The lowest BCUT2D eigenvalue weighted by atomic mass is 9.99. The molecule has 1 unspecified atom stereocenters. The van der Waals surface area contributed by atoms with Crippen molar-refractivity contribution in [2.75, 3.05) is 17.7 Å². The third-order valence-electron chi connectivity index (χ3n) is 6.06. The van der Waals surface area contributed by atoms with Gasteiger partial charge in [0.15, 0.2) is 6.10 Å². The third kappa shape index (κ3) is 8.39. The maximum absolute atomic E-state index is 13.5. The third-order valence-corrected chi connectivity index (χ3v) is 6.06. The van der Waals surface area contributed by atoms with E-state index in [4.69, 9.17) is 14.2 Å². The van der Waals surface area contributed by atoms with Crippen molar-refractivity contribution in [3.05, 3.63) is 90.3 Å². The van der Waals surface area contributed by atoms with Gasteiger partial charge in [-0.25, -0.2) is 9.59 Å². The number of rotatable bonds is 5. The summed E-state index contributed by atoms with van der Waals surface area (Å²) in [6.07, 6.45) is 3.24. The van der Waals surface area contributed by atoms with E-state index < -0.39 is 35.8 Å². The van der Waals surface area contributed by atoms with Crippen molar-refractivity contribution < 1.29 is 28.6 Å². The van der Waals surface area contributed by atoms with Gasteiger partial charge in [-0.3, -0.25) is 15.1 Å². The Morgan fingerprint density at radius 2 is 1.83 bits per heavy atom. The monoisotopic (exact) mass is 558 g/mol. The van der Waals surface area contributed by atoms with Crippen LogP contribution in [-0.4, -0.2) is 41.9 Å². The average molecular weight is 559 g/mol. The Bertz CT molecular complexity index is 1420. The molecule has 0 saturated heterocycles. The quantitative estimate of drug-likeness (QED) is 0.329. The number of methoxy groups -OCH3 is 1. The summed E-state index contributed by atoms with van der Waals surface area (Å²) >= 11 is 0. The predicted octanol–water partition coefficient (Wildman–Crippen LogP) is 5.98. The summed E-state index contributed by atoms with van der Waals surface area (Å²) in [5, 5.41) is 8.48. The number of aromatic nitrogens is 1. The lowest BCUT2D eigenvalue weighted by Gasteiger charge is -2.24. The highest BCUT2D eigenvalue weighted by molar-refractivity contribution is 6.00. The van der Waals surface area contributed by atoms with E-state index in [0.29, 0.717) is 29.1 Å². The molecule has 3 amide bonds. The van der Waals surface area contributed by atoms with Crippen molar-refractivity contribution >= 4 is 29.5 Å². The Labute approximate surface area is 239 Å². The van der Waals surface area contributed by atoms with Crippen LogP contribution in [0.4, 0.5) is 21.0 Å². The first-order chi connectivity index (χ1) is 19.6. The molecular formula is C31H34N4O6. The summed E-state index contributed by atoms with van der Waals surface area (Å²) in [5.41, 5.74) is 3.14. The summed E-state index contributed by atoms with van der Waals surface area (Å²) in [7, 11) is 1.27. The molecule has 0 spiro atoms. The zero-order valence-corrected chi connectivity index (χ0v) is 23.5. The number of carbonyl (C=O) groups is 3. The van der Waals surface area contributed by atoms with Crippen LogP contribution in [0.3, 0.4) is 0 Å². The highest BCUT2D eigenvalue weighted by Crippen LogP contribution is 2.33. The summed E-state index contributed by atoms with van der Waals surface area (Å²) in [5.74, 6) is -0.403. The first-order valence-corrected chi connectivity index (χ1v) is 13.2. The number of alkyl carbamates (subject to hydrolysis) is 1. The molecular weight excluding hydrogens is 524 g/mol. The second kappa shape index (κ2) is 13.1. The molecule has 2 bridgehead atoms. The number of amides is 3. The minimum absolute atomic E-state index is 0.209. The molecule has 1 aliphatic heterocycles. The van der Waals surface area contributed by atoms with Crippen LogP contribution in [0.2, 0.25) is 0 Å². The number of hydrogen-bond acceptors (Lipinski definition) is 7.